The second-order valence-electron chi connectivity index (χ2n) is 3.42. The minimum atomic E-state index is -1.10. The number of aliphatic carboxylic acids is 1. The first kappa shape index (κ1) is 12.6. The summed E-state index contributed by atoms with van der Waals surface area (Å²) in [5, 5.41) is 10.9. The number of carbonyl (C=O) groups excluding carboxylic acids is 2. The highest BCUT2D eigenvalue weighted by molar-refractivity contribution is 5.90. The predicted molar refractivity (Wildman–Crippen MR) is 49.7 cm³/mol. The molecule has 0 heterocycles. The Morgan fingerprint density at radius 2 is 1.79 bits per heavy atom. The number of carboxylic acids is 1. The minimum absolute atomic E-state index is 0.259. The molecular formula is C9H15NO4. The molecule has 0 aromatic rings. The summed E-state index contributed by atoms with van der Waals surface area (Å²) in [4.78, 5) is 32.5. The monoisotopic (exact) mass is 201 g/mol. The summed E-state index contributed by atoms with van der Waals surface area (Å²) in [5.74, 6) is -2.02. The maximum atomic E-state index is 11.2. The lowest BCUT2D eigenvalue weighted by Gasteiger charge is -2.15. The van der Waals surface area contributed by atoms with Crippen molar-refractivity contribution in [1.29, 1.82) is 0 Å². The van der Waals surface area contributed by atoms with Crippen LogP contribution in [0.2, 0.25) is 0 Å². The molecular weight excluding hydrogens is 186 g/mol. The van der Waals surface area contributed by atoms with Crippen molar-refractivity contribution in [3.05, 3.63) is 0 Å². The number of ketones is 1. The SMILES string of the molecule is CC(=O)C(CC(=O)O)NC(=O)C(C)C. The van der Waals surface area contributed by atoms with Gasteiger partial charge < -0.3 is 10.4 Å². The van der Waals surface area contributed by atoms with E-state index in [9.17, 15) is 14.4 Å². The van der Waals surface area contributed by atoms with E-state index in [-0.39, 0.29) is 24.0 Å². The normalized spacial score (nSPS) is 12.3. The van der Waals surface area contributed by atoms with Gasteiger partial charge in [0.25, 0.3) is 0 Å². The number of hydrogen-bond acceptors (Lipinski definition) is 3. The highest BCUT2D eigenvalue weighted by Crippen LogP contribution is 1.98. The molecule has 0 radical (unpaired) electrons. The van der Waals surface area contributed by atoms with Crippen molar-refractivity contribution in [2.75, 3.05) is 0 Å². The van der Waals surface area contributed by atoms with Crippen LogP contribution < -0.4 is 5.32 Å². The average molecular weight is 201 g/mol. The van der Waals surface area contributed by atoms with Crippen LogP contribution in [0.1, 0.15) is 27.2 Å². The summed E-state index contributed by atoms with van der Waals surface area (Å²) < 4.78 is 0. The molecule has 80 valence electrons. The molecule has 14 heavy (non-hydrogen) atoms. The van der Waals surface area contributed by atoms with Gasteiger partial charge in [0.05, 0.1) is 12.5 Å². The number of carbonyl (C=O) groups is 3. The fraction of sp³-hybridized carbons (Fsp3) is 0.667. The van der Waals surface area contributed by atoms with Gasteiger partial charge in [-0.3, -0.25) is 14.4 Å². The van der Waals surface area contributed by atoms with Gasteiger partial charge in [0, 0.05) is 5.92 Å². The van der Waals surface area contributed by atoms with E-state index >= 15 is 0 Å². The molecule has 0 saturated carbocycles. The zero-order valence-corrected chi connectivity index (χ0v) is 8.53. The van der Waals surface area contributed by atoms with E-state index in [0.717, 1.165) is 0 Å². The maximum Gasteiger partial charge on any atom is 0.305 e. The lowest BCUT2D eigenvalue weighted by molar-refractivity contribution is -0.140. The van der Waals surface area contributed by atoms with Crippen molar-refractivity contribution in [2.45, 2.75) is 33.2 Å². The zero-order chi connectivity index (χ0) is 11.3. The molecule has 0 bridgehead atoms. The molecule has 1 unspecified atom stereocenters. The van der Waals surface area contributed by atoms with Crippen LogP contribution in [0.25, 0.3) is 0 Å². The molecule has 0 rings (SSSR count). The van der Waals surface area contributed by atoms with Crippen LogP contribution in [0.5, 0.6) is 0 Å². The number of Topliss-reactive ketones (excluding diaryl/α,β-unsaturated/α-hetero) is 1. The van der Waals surface area contributed by atoms with Crippen molar-refractivity contribution in [3.8, 4) is 0 Å². The molecule has 2 N–H and O–H groups in total. The van der Waals surface area contributed by atoms with E-state index in [1.165, 1.54) is 6.92 Å². The predicted octanol–water partition coefficient (Wildman–Crippen LogP) is 0.191. The van der Waals surface area contributed by atoms with Gasteiger partial charge in [-0.2, -0.15) is 0 Å². The Morgan fingerprint density at radius 1 is 1.29 bits per heavy atom. The molecule has 0 spiro atoms. The van der Waals surface area contributed by atoms with Gasteiger partial charge in [-0.25, -0.2) is 0 Å². The summed E-state index contributed by atoms with van der Waals surface area (Å²) in [7, 11) is 0. The largest absolute Gasteiger partial charge is 0.481 e. The van der Waals surface area contributed by atoms with Gasteiger partial charge in [0.2, 0.25) is 5.91 Å². The van der Waals surface area contributed by atoms with E-state index in [1.807, 2.05) is 0 Å². The van der Waals surface area contributed by atoms with Crippen LogP contribution in [0, 0.1) is 5.92 Å². The quantitative estimate of drug-likeness (QED) is 0.665. The van der Waals surface area contributed by atoms with Gasteiger partial charge in [-0.05, 0) is 6.92 Å². The first-order valence-corrected chi connectivity index (χ1v) is 4.37. The molecule has 1 amide bonds. The fourth-order valence-electron chi connectivity index (χ4n) is 0.809. The van der Waals surface area contributed by atoms with Crippen LogP contribution in [0.4, 0.5) is 0 Å². The van der Waals surface area contributed by atoms with Crippen LogP contribution >= 0.6 is 0 Å². The van der Waals surface area contributed by atoms with Gasteiger partial charge in [0.1, 0.15) is 0 Å². The number of carboxylic acid groups (broad SMARTS) is 1. The number of nitrogens with one attached hydrogen (secondary N) is 1. The number of amides is 1. The summed E-state index contributed by atoms with van der Waals surface area (Å²) in [6.07, 6.45) is -0.367. The topological polar surface area (TPSA) is 83.5 Å². The van der Waals surface area contributed by atoms with Gasteiger partial charge in [0.15, 0.2) is 5.78 Å². The molecule has 0 saturated heterocycles. The van der Waals surface area contributed by atoms with Gasteiger partial charge >= 0.3 is 5.97 Å². The third-order valence-corrected chi connectivity index (χ3v) is 1.71. The van der Waals surface area contributed by atoms with Gasteiger partial charge in [-0.15, -0.1) is 0 Å². The zero-order valence-electron chi connectivity index (χ0n) is 8.53. The summed E-state index contributed by atoms with van der Waals surface area (Å²) >= 11 is 0. The molecule has 5 heteroatoms. The van der Waals surface area contributed by atoms with E-state index in [1.54, 1.807) is 13.8 Å². The Kier molecular flexibility index (Phi) is 4.83. The van der Waals surface area contributed by atoms with E-state index in [2.05, 4.69) is 5.32 Å². The van der Waals surface area contributed by atoms with Crippen molar-refractivity contribution < 1.29 is 19.5 Å². The molecule has 0 aliphatic heterocycles. The first-order valence-electron chi connectivity index (χ1n) is 4.37. The van der Waals surface area contributed by atoms with Crippen molar-refractivity contribution in [3.63, 3.8) is 0 Å². The molecule has 0 fully saturated rings. The Labute approximate surface area is 82.5 Å². The lowest BCUT2D eigenvalue weighted by atomic mass is 10.1. The number of rotatable bonds is 5. The molecule has 1 atom stereocenters. The Hall–Kier alpha value is -1.39. The molecule has 0 aromatic carbocycles. The maximum absolute atomic E-state index is 11.2. The van der Waals surface area contributed by atoms with E-state index in [0.29, 0.717) is 0 Å². The molecule has 5 nitrogen and oxygen atoms in total. The fourth-order valence-corrected chi connectivity index (χ4v) is 0.809. The van der Waals surface area contributed by atoms with Crippen LogP contribution in [0.15, 0.2) is 0 Å². The standard InChI is InChI=1S/C9H15NO4/c1-5(2)9(14)10-7(6(3)11)4-8(12)13/h5,7H,4H2,1-3H3,(H,10,14)(H,12,13). The molecule has 0 aromatic heterocycles. The highest BCUT2D eigenvalue weighted by atomic mass is 16.4. The molecule has 0 aliphatic rings. The van der Waals surface area contributed by atoms with E-state index in [4.69, 9.17) is 5.11 Å². The van der Waals surface area contributed by atoms with Crippen molar-refractivity contribution in [2.24, 2.45) is 5.92 Å². The summed E-state index contributed by atoms with van der Waals surface area (Å²) in [6, 6.07) is -0.914. The first-order chi connectivity index (χ1) is 6.34. The second kappa shape index (κ2) is 5.36. The van der Waals surface area contributed by atoms with Crippen LogP contribution in [-0.2, 0) is 14.4 Å². The number of hydrogen-bond donors (Lipinski definition) is 2. The minimum Gasteiger partial charge on any atom is -0.481 e. The third-order valence-electron chi connectivity index (χ3n) is 1.71. The summed E-state index contributed by atoms with van der Waals surface area (Å²) in [5.41, 5.74) is 0. The molecule has 0 aliphatic carbocycles. The second-order valence-corrected chi connectivity index (χ2v) is 3.42. The smallest absolute Gasteiger partial charge is 0.305 e. The lowest BCUT2D eigenvalue weighted by Crippen LogP contribution is -2.43. The van der Waals surface area contributed by atoms with Crippen molar-refractivity contribution >= 4 is 17.7 Å². The van der Waals surface area contributed by atoms with Crippen LogP contribution in [-0.4, -0.2) is 28.8 Å². The Balaban J connectivity index is 4.31. The third kappa shape index (κ3) is 4.59. The van der Waals surface area contributed by atoms with Crippen molar-refractivity contribution in [1.82, 2.24) is 5.32 Å². The van der Waals surface area contributed by atoms with Gasteiger partial charge in [-0.1, -0.05) is 13.8 Å². The Bertz CT molecular complexity index is 247. The summed E-state index contributed by atoms with van der Waals surface area (Å²) in [6.45, 7) is 4.61. The Morgan fingerprint density at radius 3 is 2.07 bits per heavy atom. The van der Waals surface area contributed by atoms with Crippen LogP contribution in [0.3, 0.4) is 0 Å². The highest BCUT2D eigenvalue weighted by Gasteiger charge is 2.21. The average Bonchev–Trinajstić information content (AvgIpc) is 2.01. The van der Waals surface area contributed by atoms with E-state index < -0.39 is 12.0 Å².